The van der Waals surface area contributed by atoms with Crippen LogP contribution < -0.4 is 5.32 Å². The minimum Gasteiger partial charge on any atom is -0.321 e. The van der Waals surface area contributed by atoms with Gasteiger partial charge in [0.25, 0.3) is 0 Å². The fourth-order valence-corrected chi connectivity index (χ4v) is 5.50. The molecule has 8 nitrogen and oxygen atoms in total. The summed E-state index contributed by atoms with van der Waals surface area (Å²) in [6.07, 6.45) is 12.7. The normalized spacial score (nSPS) is 14.1. The van der Waals surface area contributed by atoms with Gasteiger partial charge in [-0.2, -0.15) is 5.10 Å². The quantitative estimate of drug-likeness (QED) is 0.238. The number of benzene rings is 1. The maximum absolute atomic E-state index is 13.5. The third-order valence-corrected chi connectivity index (χ3v) is 7.55. The Kier molecular flexibility index (Phi) is 6.05. The number of pyridine rings is 3. The molecule has 194 valence electrons. The Balaban J connectivity index is 1.20. The first kappa shape index (κ1) is 23.6. The predicted octanol–water partition coefficient (Wildman–Crippen LogP) is 6.04. The highest BCUT2D eigenvalue weighted by molar-refractivity contribution is 5.96. The number of nitrogens with one attached hydrogen (secondary N) is 3. The Hall–Kier alpha value is -4.50. The fourth-order valence-electron chi connectivity index (χ4n) is 5.50. The van der Waals surface area contributed by atoms with Crippen molar-refractivity contribution in [2.75, 3.05) is 6.54 Å². The topological polar surface area (TPSA) is 108 Å². The summed E-state index contributed by atoms with van der Waals surface area (Å²) in [6, 6.07) is 12.5. The molecule has 0 amide bonds. The summed E-state index contributed by atoms with van der Waals surface area (Å²) in [5.74, 6) is 1.10. The van der Waals surface area contributed by atoms with Crippen LogP contribution in [0.25, 0.3) is 56.0 Å². The van der Waals surface area contributed by atoms with Crippen LogP contribution in [0.3, 0.4) is 0 Å². The number of aromatic amines is 2. The van der Waals surface area contributed by atoms with Crippen molar-refractivity contribution in [3.63, 3.8) is 0 Å². The Morgan fingerprint density at radius 3 is 2.62 bits per heavy atom. The molecular formula is C30H27FN8. The summed E-state index contributed by atoms with van der Waals surface area (Å²) in [6.45, 7) is 1.86. The van der Waals surface area contributed by atoms with Crippen LogP contribution >= 0.6 is 0 Å². The summed E-state index contributed by atoms with van der Waals surface area (Å²) in [5.41, 5.74) is 7.49. The Labute approximate surface area is 224 Å². The van der Waals surface area contributed by atoms with Crippen LogP contribution in [0.15, 0.2) is 67.3 Å². The number of hydrogen-bond donors (Lipinski definition) is 3. The van der Waals surface area contributed by atoms with Crippen molar-refractivity contribution in [2.45, 2.75) is 32.2 Å². The smallest absolute Gasteiger partial charge is 0.161 e. The Bertz CT molecular complexity index is 1770. The van der Waals surface area contributed by atoms with Crippen LogP contribution in [0.5, 0.6) is 0 Å². The fraction of sp³-hybridized carbons (Fsp3) is 0.233. The summed E-state index contributed by atoms with van der Waals surface area (Å²) in [7, 11) is 0. The van der Waals surface area contributed by atoms with E-state index in [2.05, 4.69) is 47.6 Å². The number of nitrogens with zero attached hydrogens (tertiary/aromatic N) is 5. The highest BCUT2D eigenvalue weighted by Crippen LogP contribution is 2.32. The zero-order valence-corrected chi connectivity index (χ0v) is 21.3. The molecule has 9 heteroatoms. The average Bonchev–Trinajstić information content (AvgIpc) is 3.73. The van der Waals surface area contributed by atoms with Gasteiger partial charge in [0, 0.05) is 48.0 Å². The van der Waals surface area contributed by atoms with Gasteiger partial charge < -0.3 is 10.3 Å². The molecule has 7 rings (SSSR count). The van der Waals surface area contributed by atoms with Gasteiger partial charge in [0.15, 0.2) is 17.1 Å². The number of H-pyrrole nitrogens is 2. The van der Waals surface area contributed by atoms with Crippen molar-refractivity contribution in [3.8, 4) is 33.8 Å². The third-order valence-electron chi connectivity index (χ3n) is 7.55. The van der Waals surface area contributed by atoms with Gasteiger partial charge in [-0.3, -0.25) is 10.1 Å². The molecule has 0 radical (unpaired) electrons. The number of rotatable bonds is 7. The van der Waals surface area contributed by atoms with Crippen LogP contribution in [0.2, 0.25) is 0 Å². The Morgan fingerprint density at radius 1 is 0.897 bits per heavy atom. The van der Waals surface area contributed by atoms with Gasteiger partial charge in [0.1, 0.15) is 17.0 Å². The molecular weight excluding hydrogens is 491 g/mol. The monoisotopic (exact) mass is 518 g/mol. The van der Waals surface area contributed by atoms with Gasteiger partial charge >= 0.3 is 0 Å². The maximum Gasteiger partial charge on any atom is 0.161 e. The van der Waals surface area contributed by atoms with Gasteiger partial charge in [0.05, 0.1) is 5.39 Å². The lowest BCUT2D eigenvalue weighted by molar-refractivity contribution is 0.489. The van der Waals surface area contributed by atoms with Crippen LogP contribution in [-0.2, 0) is 6.54 Å². The minimum absolute atomic E-state index is 0.279. The molecule has 0 atom stereocenters. The molecule has 1 aliphatic rings. The SMILES string of the molecule is Fc1ccc(-c2ccnc3[nH]c(-c4n[nH]c5ncc(-c6cncc(CNCC7CCCC7)c6)cc45)nc23)cc1. The molecule has 6 aromatic rings. The standard InChI is InChI=1S/C30H27FN8/c31-23-7-5-20(6-8-23)24-9-10-34-29-26(24)36-30(37-29)27-25-12-22(17-35-28(25)39-38-27)21-11-19(15-33-16-21)14-32-13-18-3-1-2-4-18/h5-12,15-18,32H,1-4,13-14H2,(H,34,36,37)(H,35,38,39). The van der Waals surface area contributed by atoms with E-state index in [1.807, 2.05) is 24.7 Å². The Morgan fingerprint density at radius 2 is 1.74 bits per heavy atom. The van der Waals surface area contributed by atoms with Crippen molar-refractivity contribution < 1.29 is 4.39 Å². The van der Waals surface area contributed by atoms with Crippen molar-refractivity contribution in [1.82, 2.24) is 40.4 Å². The van der Waals surface area contributed by atoms with Crippen molar-refractivity contribution >= 4 is 22.2 Å². The minimum atomic E-state index is -0.279. The lowest BCUT2D eigenvalue weighted by Gasteiger charge is -2.11. The van der Waals surface area contributed by atoms with Gasteiger partial charge in [0.2, 0.25) is 0 Å². The molecule has 5 aromatic heterocycles. The first-order valence-electron chi connectivity index (χ1n) is 13.3. The van der Waals surface area contributed by atoms with Crippen LogP contribution in [0.4, 0.5) is 4.39 Å². The first-order chi connectivity index (χ1) is 19.2. The zero-order valence-electron chi connectivity index (χ0n) is 21.3. The van der Waals surface area contributed by atoms with E-state index in [0.29, 0.717) is 28.3 Å². The van der Waals surface area contributed by atoms with Gasteiger partial charge in [-0.15, -0.1) is 0 Å². The molecule has 39 heavy (non-hydrogen) atoms. The lowest BCUT2D eigenvalue weighted by atomic mass is 10.1. The van der Waals surface area contributed by atoms with Gasteiger partial charge in [-0.25, -0.2) is 19.3 Å². The first-order valence-corrected chi connectivity index (χ1v) is 13.3. The second-order valence-electron chi connectivity index (χ2n) is 10.2. The molecule has 1 fully saturated rings. The van der Waals surface area contributed by atoms with E-state index in [9.17, 15) is 4.39 Å². The van der Waals surface area contributed by atoms with E-state index in [4.69, 9.17) is 4.98 Å². The van der Waals surface area contributed by atoms with Crippen molar-refractivity contribution in [2.24, 2.45) is 5.92 Å². The molecule has 0 aliphatic heterocycles. The summed E-state index contributed by atoms with van der Waals surface area (Å²) >= 11 is 0. The van der Waals surface area contributed by atoms with Crippen LogP contribution in [0.1, 0.15) is 31.2 Å². The van der Waals surface area contributed by atoms with Gasteiger partial charge in [-0.05, 0) is 66.8 Å². The number of fused-ring (bicyclic) bond motifs is 2. The second kappa shape index (κ2) is 9.99. The average molecular weight is 519 g/mol. The van der Waals surface area contributed by atoms with E-state index in [1.165, 1.54) is 37.8 Å². The van der Waals surface area contributed by atoms with E-state index in [0.717, 1.165) is 52.2 Å². The summed E-state index contributed by atoms with van der Waals surface area (Å²) in [5, 5.41) is 12.0. The molecule has 5 heterocycles. The van der Waals surface area contributed by atoms with E-state index in [1.54, 1.807) is 18.3 Å². The largest absolute Gasteiger partial charge is 0.321 e. The predicted molar refractivity (Wildman–Crippen MR) is 149 cm³/mol. The van der Waals surface area contributed by atoms with Gasteiger partial charge in [-0.1, -0.05) is 25.0 Å². The molecule has 1 aliphatic carbocycles. The van der Waals surface area contributed by atoms with Crippen molar-refractivity contribution in [3.05, 3.63) is 78.6 Å². The van der Waals surface area contributed by atoms with E-state index in [-0.39, 0.29) is 5.82 Å². The van der Waals surface area contributed by atoms with E-state index >= 15 is 0 Å². The third kappa shape index (κ3) is 4.66. The lowest BCUT2D eigenvalue weighted by Crippen LogP contribution is -2.20. The maximum atomic E-state index is 13.5. The molecule has 0 bridgehead atoms. The number of hydrogen-bond acceptors (Lipinski definition) is 6. The molecule has 3 N–H and O–H groups in total. The molecule has 0 unspecified atom stereocenters. The molecule has 0 saturated heterocycles. The zero-order chi connectivity index (χ0) is 26.2. The number of imidazole rings is 1. The second-order valence-corrected chi connectivity index (χ2v) is 10.2. The highest BCUT2D eigenvalue weighted by Gasteiger charge is 2.18. The highest BCUT2D eigenvalue weighted by atomic mass is 19.1. The molecule has 0 spiro atoms. The van der Waals surface area contributed by atoms with E-state index < -0.39 is 0 Å². The number of halogens is 1. The summed E-state index contributed by atoms with van der Waals surface area (Å²) in [4.78, 5) is 21.7. The van der Waals surface area contributed by atoms with Crippen LogP contribution in [-0.4, -0.2) is 41.7 Å². The summed E-state index contributed by atoms with van der Waals surface area (Å²) < 4.78 is 13.5. The van der Waals surface area contributed by atoms with Crippen molar-refractivity contribution in [1.29, 1.82) is 0 Å². The van der Waals surface area contributed by atoms with Crippen LogP contribution in [0, 0.1) is 11.7 Å². The molecule has 1 aromatic carbocycles. The molecule has 1 saturated carbocycles. The number of aromatic nitrogens is 7.